The van der Waals surface area contributed by atoms with Crippen molar-refractivity contribution in [1.29, 1.82) is 0 Å². The molecule has 1 aromatic heterocycles. The molecule has 0 saturated carbocycles. The van der Waals surface area contributed by atoms with Crippen LogP contribution in [0.5, 0.6) is 0 Å². The molecule has 2 rings (SSSR count). The summed E-state index contributed by atoms with van der Waals surface area (Å²) in [7, 11) is 2.20. The number of hydrogen-bond acceptors (Lipinski definition) is 4. The van der Waals surface area contributed by atoms with Gasteiger partial charge in [0.15, 0.2) is 0 Å². The Morgan fingerprint density at radius 3 is 3.00 bits per heavy atom. The van der Waals surface area contributed by atoms with Crippen LogP contribution in [0.1, 0.15) is 43.3 Å². The number of aromatic nitrogens is 1. The molecule has 0 aliphatic carbocycles. The third-order valence-electron chi connectivity index (χ3n) is 3.18. The van der Waals surface area contributed by atoms with Crippen LogP contribution in [0, 0.1) is 0 Å². The zero-order chi connectivity index (χ0) is 12.5. The van der Waals surface area contributed by atoms with Crippen LogP contribution in [-0.2, 0) is 6.42 Å². The lowest BCUT2D eigenvalue weighted by molar-refractivity contribution is 0.250. The quantitative estimate of drug-likeness (QED) is 0.898. The summed E-state index contributed by atoms with van der Waals surface area (Å²) in [5.41, 5.74) is 7.03. The zero-order valence-corrected chi connectivity index (χ0v) is 11.9. The summed E-state index contributed by atoms with van der Waals surface area (Å²) in [5, 5.41) is 3.48. The topological polar surface area (TPSA) is 42.2 Å². The molecule has 96 valence electrons. The average Bonchev–Trinajstić information content (AvgIpc) is 2.63. The van der Waals surface area contributed by atoms with Crippen molar-refractivity contribution in [2.45, 2.75) is 44.6 Å². The highest BCUT2D eigenvalue weighted by Gasteiger charge is 2.22. The highest BCUT2D eigenvalue weighted by Crippen LogP contribution is 2.29. The maximum atomic E-state index is 6.03. The molecule has 4 heteroatoms. The van der Waals surface area contributed by atoms with Crippen molar-refractivity contribution in [2.75, 3.05) is 20.1 Å². The molecule has 1 aliphatic rings. The first-order valence-electron chi connectivity index (χ1n) is 6.36. The second-order valence-corrected chi connectivity index (χ2v) is 6.83. The Balaban J connectivity index is 2.02. The molecule has 0 bridgehead atoms. The van der Waals surface area contributed by atoms with Crippen LogP contribution in [0.15, 0.2) is 5.38 Å². The van der Waals surface area contributed by atoms with E-state index in [-0.39, 0.29) is 5.54 Å². The Morgan fingerprint density at radius 2 is 2.35 bits per heavy atom. The summed E-state index contributed by atoms with van der Waals surface area (Å²) in [4.78, 5) is 7.17. The molecule has 1 atom stereocenters. The lowest BCUT2D eigenvalue weighted by Gasteiger charge is -2.28. The number of likely N-dealkylation sites (tertiary alicyclic amines) is 1. The van der Waals surface area contributed by atoms with Crippen LogP contribution < -0.4 is 5.73 Å². The zero-order valence-electron chi connectivity index (χ0n) is 11.1. The molecule has 2 heterocycles. The van der Waals surface area contributed by atoms with E-state index in [1.807, 2.05) is 0 Å². The predicted octanol–water partition coefficient (Wildman–Crippen LogP) is 2.23. The number of rotatable bonds is 3. The first-order valence-corrected chi connectivity index (χ1v) is 7.24. The van der Waals surface area contributed by atoms with Crippen molar-refractivity contribution in [2.24, 2.45) is 5.73 Å². The van der Waals surface area contributed by atoms with E-state index in [0.717, 1.165) is 18.7 Å². The van der Waals surface area contributed by atoms with Gasteiger partial charge < -0.3 is 10.6 Å². The molecule has 0 aromatic carbocycles. The van der Waals surface area contributed by atoms with E-state index < -0.39 is 0 Å². The summed E-state index contributed by atoms with van der Waals surface area (Å²) in [6.45, 7) is 6.49. The molecule has 0 amide bonds. The van der Waals surface area contributed by atoms with Crippen LogP contribution in [0.4, 0.5) is 0 Å². The van der Waals surface area contributed by atoms with Gasteiger partial charge in [-0.3, -0.25) is 0 Å². The van der Waals surface area contributed by atoms with Crippen LogP contribution in [0.3, 0.4) is 0 Å². The Morgan fingerprint density at radius 1 is 1.59 bits per heavy atom. The van der Waals surface area contributed by atoms with Gasteiger partial charge in [-0.2, -0.15) is 0 Å². The van der Waals surface area contributed by atoms with Gasteiger partial charge in [-0.25, -0.2) is 4.98 Å². The maximum absolute atomic E-state index is 6.03. The van der Waals surface area contributed by atoms with Gasteiger partial charge in [0.2, 0.25) is 0 Å². The second-order valence-electron chi connectivity index (χ2n) is 5.94. The summed E-state index contributed by atoms with van der Waals surface area (Å²) in [6, 6.07) is 0. The molecular formula is C13H23N3S. The number of likely N-dealkylation sites (N-methyl/N-ethyl adjacent to an activating group) is 1. The van der Waals surface area contributed by atoms with Gasteiger partial charge in [-0.1, -0.05) is 0 Å². The molecule has 1 aromatic rings. The summed E-state index contributed by atoms with van der Waals surface area (Å²) >= 11 is 1.81. The second kappa shape index (κ2) is 5.04. The molecule has 17 heavy (non-hydrogen) atoms. The van der Waals surface area contributed by atoms with Crippen molar-refractivity contribution in [3.05, 3.63) is 16.1 Å². The van der Waals surface area contributed by atoms with Crippen LogP contribution >= 0.6 is 11.3 Å². The van der Waals surface area contributed by atoms with Gasteiger partial charge in [0.1, 0.15) is 0 Å². The van der Waals surface area contributed by atoms with Crippen molar-refractivity contribution >= 4 is 11.3 Å². The minimum atomic E-state index is -0.158. The van der Waals surface area contributed by atoms with E-state index >= 15 is 0 Å². The standard InChI is InChI=1S/C13H23N3S/c1-13(2,14)7-11-9-17-12(15-11)10-5-4-6-16(3)8-10/h9-10H,4-8,14H2,1-3H3. The SMILES string of the molecule is CN1CCCC(c2nc(CC(C)(C)N)cs2)C1. The van der Waals surface area contributed by atoms with Gasteiger partial charge in [0.25, 0.3) is 0 Å². The van der Waals surface area contributed by atoms with Gasteiger partial charge in [-0.15, -0.1) is 11.3 Å². The minimum absolute atomic E-state index is 0.158. The fourth-order valence-corrected chi connectivity index (χ4v) is 3.37. The molecule has 1 fully saturated rings. The summed E-state index contributed by atoms with van der Waals surface area (Å²) < 4.78 is 0. The van der Waals surface area contributed by atoms with Crippen molar-refractivity contribution in [3.63, 3.8) is 0 Å². The van der Waals surface area contributed by atoms with E-state index in [1.165, 1.54) is 24.4 Å². The fraction of sp³-hybridized carbons (Fsp3) is 0.769. The molecule has 0 spiro atoms. The Kier molecular flexibility index (Phi) is 3.85. The molecule has 0 radical (unpaired) electrons. The highest BCUT2D eigenvalue weighted by molar-refractivity contribution is 7.09. The highest BCUT2D eigenvalue weighted by atomic mass is 32.1. The fourth-order valence-electron chi connectivity index (χ4n) is 2.43. The smallest absolute Gasteiger partial charge is 0.0972 e. The van der Waals surface area contributed by atoms with E-state index in [9.17, 15) is 0 Å². The summed E-state index contributed by atoms with van der Waals surface area (Å²) in [6.07, 6.45) is 3.44. The van der Waals surface area contributed by atoms with E-state index in [4.69, 9.17) is 10.7 Å². The van der Waals surface area contributed by atoms with Gasteiger partial charge in [0, 0.05) is 29.8 Å². The van der Waals surface area contributed by atoms with Crippen molar-refractivity contribution in [3.8, 4) is 0 Å². The van der Waals surface area contributed by atoms with E-state index in [1.54, 1.807) is 11.3 Å². The third kappa shape index (κ3) is 3.76. The molecular weight excluding hydrogens is 230 g/mol. The normalized spacial score (nSPS) is 22.9. The Labute approximate surface area is 108 Å². The molecule has 1 unspecified atom stereocenters. The number of nitrogens with zero attached hydrogens (tertiary/aromatic N) is 2. The lowest BCUT2D eigenvalue weighted by atomic mass is 9.98. The Hall–Kier alpha value is -0.450. The van der Waals surface area contributed by atoms with Crippen molar-refractivity contribution in [1.82, 2.24) is 9.88 Å². The number of nitrogens with two attached hydrogens (primary N) is 1. The lowest BCUT2D eigenvalue weighted by Crippen LogP contribution is -2.34. The number of thiazole rings is 1. The Bertz CT molecular complexity index is 367. The number of hydrogen-bond donors (Lipinski definition) is 1. The monoisotopic (exact) mass is 253 g/mol. The predicted molar refractivity (Wildman–Crippen MR) is 73.6 cm³/mol. The third-order valence-corrected chi connectivity index (χ3v) is 4.24. The van der Waals surface area contributed by atoms with Gasteiger partial charge >= 0.3 is 0 Å². The molecule has 2 N–H and O–H groups in total. The minimum Gasteiger partial charge on any atom is -0.325 e. The molecule has 3 nitrogen and oxygen atoms in total. The van der Waals surface area contributed by atoms with Crippen LogP contribution in [0.25, 0.3) is 0 Å². The van der Waals surface area contributed by atoms with Gasteiger partial charge in [0.05, 0.1) is 10.7 Å². The average molecular weight is 253 g/mol. The van der Waals surface area contributed by atoms with E-state index in [0.29, 0.717) is 5.92 Å². The first-order chi connectivity index (χ1) is 7.94. The van der Waals surface area contributed by atoms with Crippen LogP contribution in [0.2, 0.25) is 0 Å². The van der Waals surface area contributed by atoms with Crippen LogP contribution in [-0.4, -0.2) is 35.6 Å². The maximum Gasteiger partial charge on any atom is 0.0972 e. The molecule has 1 aliphatic heterocycles. The summed E-state index contributed by atoms with van der Waals surface area (Å²) in [5.74, 6) is 0.633. The largest absolute Gasteiger partial charge is 0.325 e. The first kappa shape index (κ1) is 13.0. The van der Waals surface area contributed by atoms with E-state index in [2.05, 4.69) is 31.2 Å². The van der Waals surface area contributed by atoms with Gasteiger partial charge in [-0.05, 0) is 40.3 Å². The number of piperidine rings is 1. The van der Waals surface area contributed by atoms with Crippen molar-refractivity contribution < 1.29 is 0 Å². The molecule has 1 saturated heterocycles.